The van der Waals surface area contributed by atoms with Gasteiger partial charge in [-0.2, -0.15) is 5.10 Å². The summed E-state index contributed by atoms with van der Waals surface area (Å²) in [5.41, 5.74) is 2.15. The van der Waals surface area contributed by atoms with E-state index in [0.717, 1.165) is 18.7 Å². The first kappa shape index (κ1) is 15.2. The van der Waals surface area contributed by atoms with Crippen LogP contribution in [0, 0.1) is 0 Å². The third kappa shape index (κ3) is 3.56. The molecule has 0 aromatic carbocycles. The number of rotatable bonds is 5. The Morgan fingerprint density at radius 2 is 1.94 bits per heavy atom. The predicted molar refractivity (Wildman–Crippen MR) is 74.5 cm³/mol. The molecular formula is C14H27N3O. The third-order valence-corrected chi connectivity index (χ3v) is 3.45. The van der Waals surface area contributed by atoms with E-state index < -0.39 is 0 Å². The van der Waals surface area contributed by atoms with E-state index >= 15 is 0 Å². The molecule has 2 N–H and O–H groups in total. The number of nitrogens with one attached hydrogen (secondary N) is 1. The maximum absolute atomic E-state index is 9.41. The molecule has 0 spiro atoms. The van der Waals surface area contributed by atoms with Crippen molar-refractivity contribution in [1.29, 1.82) is 0 Å². The summed E-state index contributed by atoms with van der Waals surface area (Å²) in [6.07, 6.45) is 2.95. The van der Waals surface area contributed by atoms with Gasteiger partial charge in [-0.25, -0.2) is 0 Å². The Hall–Kier alpha value is -0.870. The summed E-state index contributed by atoms with van der Waals surface area (Å²) < 4.78 is 1.86. The number of nitrogens with zero attached hydrogens (tertiary/aromatic N) is 2. The molecule has 0 aliphatic rings. The van der Waals surface area contributed by atoms with Gasteiger partial charge in [0.2, 0.25) is 0 Å². The van der Waals surface area contributed by atoms with Gasteiger partial charge in [-0.1, -0.05) is 27.7 Å². The van der Waals surface area contributed by atoms with Crippen molar-refractivity contribution in [3.8, 4) is 0 Å². The van der Waals surface area contributed by atoms with E-state index in [0.29, 0.717) is 0 Å². The minimum atomic E-state index is -0.217. The second kappa shape index (κ2) is 5.41. The van der Waals surface area contributed by atoms with E-state index in [1.54, 1.807) is 0 Å². The molecular weight excluding hydrogens is 226 g/mol. The van der Waals surface area contributed by atoms with Crippen LogP contribution >= 0.6 is 0 Å². The summed E-state index contributed by atoms with van der Waals surface area (Å²) in [4.78, 5) is 0. The highest BCUT2D eigenvalue weighted by Gasteiger charge is 2.24. The van der Waals surface area contributed by atoms with Crippen LogP contribution in [0.15, 0.2) is 6.20 Å². The van der Waals surface area contributed by atoms with E-state index in [1.807, 2.05) is 18.7 Å². The Morgan fingerprint density at radius 3 is 2.39 bits per heavy atom. The molecule has 0 fully saturated rings. The molecule has 0 radical (unpaired) electrons. The van der Waals surface area contributed by atoms with E-state index in [4.69, 9.17) is 0 Å². The normalized spacial score (nSPS) is 15.7. The lowest BCUT2D eigenvalue weighted by molar-refractivity contribution is 0.168. The second-order valence-electron chi connectivity index (χ2n) is 6.35. The number of hydrogen-bond donors (Lipinski definition) is 2. The van der Waals surface area contributed by atoms with Crippen molar-refractivity contribution in [2.24, 2.45) is 7.05 Å². The fourth-order valence-electron chi connectivity index (χ4n) is 1.90. The molecule has 1 rings (SSSR count). The van der Waals surface area contributed by atoms with E-state index in [2.05, 4.69) is 44.3 Å². The smallest absolute Gasteiger partial charge is 0.0722 e. The molecule has 1 aromatic heterocycles. The van der Waals surface area contributed by atoms with Crippen LogP contribution in [0.25, 0.3) is 0 Å². The molecule has 0 bridgehead atoms. The molecule has 0 saturated carbocycles. The van der Waals surface area contributed by atoms with Gasteiger partial charge in [-0.3, -0.25) is 4.68 Å². The molecule has 0 amide bonds. The fourth-order valence-corrected chi connectivity index (χ4v) is 1.90. The van der Waals surface area contributed by atoms with Crippen molar-refractivity contribution < 1.29 is 5.11 Å². The van der Waals surface area contributed by atoms with Crippen molar-refractivity contribution in [2.75, 3.05) is 6.61 Å². The Labute approximate surface area is 110 Å². The molecule has 1 atom stereocenters. The lowest BCUT2D eigenvalue weighted by Gasteiger charge is -2.28. The largest absolute Gasteiger partial charge is 0.394 e. The van der Waals surface area contributed by atoms with Crippen LogP contribution in [-0.2, 0) is 19.0 Å². The van der Waals surface area contributed by atoms with Crippen LogP contribution in [0.1, 0.15) is 52.3 Å². The summed E-state index contributed by atoms with van der Waals surface area (Å²) in [5, 5.41) is 17.4. The second-order valence-corrected chi connectivity index (χ2v) is 6.35. The molecule has 4 nitrogen and oxygen atoms in total. The van der Waals surface area contributed by atoms with Crippen LogP contribution in [0.4, 0.5) is 0 Å². The van der Waals surface area contributed by atoms with Gasteiger partial charge in [0, 0.05) is 36.3 Å². The van der Waals surface area contributed by atoms with E-state index in [1.165, 1.54) is 5.56 Å². The monoisotopic (exact) mass is 253 g/mol. The van der Waals surface area contributed by atoms with Crippen LogP contribution in [0.2, 0.25) is 0 Å². The van der Waals surface area contributed by atoms with Crippen molar-refractivity contribution in [2.45, 2.75) is 58.5 Å². The van der Waals surface area contributed by atoms with Crippen molar-refractivity contribution in [3.05, 3.63) is 17.5 Å². The Morgan fingerprint density at radius 1 is 1.33 bits per heavy atom. The molecule has 104 valence electrons. The van der Waals surface area contributed by atoms with Crippen LogP contribution in [-0.4, -0.2) is 27.0 Å². The van der Waals surface area contributed by atoms with Gasteiger partial charge in [0.15, 0.2) is 0 Å². The Kier molecular flexibility index (Phi) is 4.56. The van der Waals surface area contributed by atoms with Crippen LogP contribution in [0.3, 0.4) is 0 Å². The first-order valence-corrected chi connectivity index (χ1v) is 6.61. The van der Waals surface area contributed by atoms with E-state index in [9.17, 15) is 5.11 Å². The quantitative estimate of drug-likeness (QED) is 0.843. The van der Waals surface area contributed by atoms with Gasteiger partial charge in [0.05, 0.1) is 12.3 Å². The summed E-state index contributed by atoms with van der Waals surface area (Å²) in [6.45, 7) is 11.5. The predicted octanol–water partition coefficient (Wildman–Crippen LogP) is 1.97. The average molecular weight is 253 g/mol. The zero-order chi connectivity index (χ0) is 14.0. The number of aromatic nitrogens is 2. The summed E-state index contributed by atoms with van der Waals surface area (Å²) in [7, 11) is 1.95. The minimum Gasteiger partial charge on any atom is -0.394 e. The van der Waals surface area contributed by atoms with Gasteiger partial charge in [-0.05, 0) is 13.3 Å². The average Bonchev–Trinajstić information content (AvgIpc) is 2.67. The maximum atomic E-state index is 9.41. The third-order valence-electron chi connectivity index (χ3n) is 3.45. The summed E-state index contributed by atoms with van der Waals surface area (Å²) >= 11 is 0. The zero-order valence-electron chi connectivity index (χ0n) is 12.5. The Bertz CT molecular complexity index is 386. The van der Waals surface area contributed by atoms with Crippen molar-refractivity contribution in [3.63, 3.8) is 0 Å². The highest BCUT2D eigenvalue weighted by molar-refractivity contribution is 5.24. The molecule has 0 aliphatic heterocycles. The number of aliphatic hydroxyl groups excluding tert-OH is 1. The van der Waals surface area contributed by atoms with Gasteiger partial charge < -0.3 is 10.4 Å². The highest BCUT2D eigenvalue weighted by atomic mass is 16.3. The van der Waals surface area contributed by atoms with Crippen molar-refractivity contribution >= 4 is 0 Å². The Balaban J connectivity index is 2.86. The molecule has 18 heavy (non-hydrogen) atoms. The van der Waals surface area contributed by atoms with E-state index in [-0.39, 0.29) is 17.6 Å². The molecule has 1 unspecified atom stereocenters. The zero-order valence-corrected chi connectivity index (χ0v) is 12.5. The van der Waals surface area contributed by atoms with Crippen molar-refractivity contribution in [1.82, 2.24) is 15.1 Å². The lowest BCUT2D eigenvalue weighted by atomic mass is 9.89. The standard InChI is InChI=1S/C14H27N3O/c1-7-14(5,10-18)15-8-11-9-17(6)16-12(11)13(2,3)4/h9,15,18H,7-8,10H2,1-6H3. The van der Waals surface area contributed by atoms with Gasteiger partial charge in [-0.15, -0.1) is 0 Å². The molecule has 0 aliphatic carbocycles. The molecule has 1 aromatic rings. The number of hydrogen-bond acceptors (Lipinski definition) is 3. The maximum Gasteiger partial charge on any atom is 0.0722 e. The minimum absolute atomic E-state index is 0.0418. The molecule has 1 heterocycles. The van der Waals surface area contributed by atoms with Gasteiger partial charge in [0.1, 0.15) is 0 Å². The highest BCUT2D eigenvalue weighted by Crippen LogP contribution is 2.24. The van der Waals surface area contributed by atoms with Crippen LogP contribution in [0.5, 0.6) is 0 Å². The lowest BCUT2D eigenvalue weighted by Crippen LogP contribution is -2.44. The summed E-state index contributed by atoms with van der Waals surface area (Å²) in [5.74, 6) is 0. The first-order valence-electron chi connectivity index (χ1n) is 6.61. The molecule has 4 heteroatoms. The topological polar surface area (TPSA) is 50.1 Å². The number of aryl methyl sites for hydroxylation is 1. The van der Waals surface area contributed by atoms with Crippen LogP contribution < -0.4 is 5.32 Å². The number of aliphatic hydroxyl groups is 1. The fraction of sp³-hybridized carbons (Fsp3) is 0.786. The SMILES string of the molecule is CCC(C)(CO)NCc1cn(C)nc1C(C)(C)C. The first-order chi connectivity index (χ1) is 8.22. The summed E-state index contributed by atoms with van der Waals surface area (Å²) in [6, 6.07) is 0. The van der Waals surface area contributed by atoms with Gasteiger partial charge >= 0.3 is 0 Å². The molecule has 0 saturated heterocycles. The van der Waals surface area contributed by atoms with Gasteiger partial charge in [0.25, 0.3) is 0 Å².